The molecule has 124 valence electrons. The summed E-state index contributed by atoms with van der Waals surface area (Å²) in [6.07, 6.45) is -4.46. The molecule has 0 aliphatic rings. The molecule has 3 nitrogen and oxygen atoms in total. The van der Waals surface area contributed by atoms with E-state index in [-0.39, 0.29) is 11.6 Å². The van der Waals surface area contributed by atoms with E-state index in [1.165, 1.54) is 12.1 Å². The zero-order valence-corrected chi connectivity index (χ0v) is 13.5. The highest BCUT2D eigenvalue weighted by molar-refractivity contribution is 7.07. The first-order chi connectivity index (χ1) is 10.8. The zero-order chi connectivity index (χ0) is 17.0. The predicted octanol–water partition coefficient (Wildman–Crippen LogP) is 3.80. The van der Waals surface area contributed by atoms with Crippen LogP contribution in [0.1, 0.15) is 27.5 Å². The molecular formula is C16H17F3N2OS. The number of carbonyl (C=O) groups is 1. The van der Waals surface area contributed by atoms with Gasteiger partial charge in [-0.1, -0.05) is 6.07 Å². The number of likely N-dealkylation sites (N-methyl/N-ethyl adjacent to an activating group) is 1. The summed E-state index contributed by atoms with van der Waals surface area (Å²) in [4.78, 5) is 14.1. The smallest absolute Gasteiger partial charge is 0.350 e. The molecule has 7 heteroatoms. The van der Waals surface area contributed by atoms with E-state index in [1.807, 2.05) is 35.8 Å². The van der Waals surface area contributed by atoms with Crippen LogP contribution in [-0.2, 0) is 6.18 Å². The molecular weight excluding hydrogens is 325 g/mol. The minimum atomic E-state index is -4.46. The number of halogens is 3. The Balaban J connectivity index is 2.07. The summed E-state index contributed by atoms with van der Waals surface area (Å²) in [5, 5.41) is 6.64. The molecule has 0 aliphatic heterocycles. The minimum absolute atomic E-state index is 0.00245. The van der Waals surface area contributed by atoms with Crippen molar-refractivity contribution in [3.63, 3.8) is 0 Å². The van der Waals surface area contributed by atoms with Crippen molar-refractivity contribution in [1.29, 1.82) is 0 Å². The first-order valence-corrected chi connectivity index (χ1v) is 7.87. The molecule has 0 unspecified atom stereocenters. The third kappa shape index (κ3) is 4.56. The van der Waals surface area contributed by atoms with Crippen molar-refractivity contribution >= 4 is 17.2 Å². The molecule has 0 bridgehead atoms. The van der Waals surface area contributed by atoms with Crippen molar-refractivity contribution in [3.05, 3.63) is 57.8 Å². The van der Waals surface area contributed by atoms with Gasteiger partial charge >= 0.3 is 6.18 Å². The van der Waals surface area contributed by atoms with Gasteiger partial charge in [-0.3, -0.25) is 4.79 Å². The average molecular weight is 342 g/mol. The predicted molar refractivity (Wildman–Crippen MR) is 84.5 cm³/mol. The Morgan fingerprint density at radius 3 is 2.61 bits per heavy atom. The van der Waals surface area contributed by atoms with E-state index in [0.29, 0.717) is 6.54 Å². The highest BCUT2D eigenvalue weighted by Gasteiger charge is 2.31. The molecule has 1 heterocycles. The molecule has 0 fully saturated rings. The standard InChI is InChI=1S/C16H17F3N2OS/c1-21(2)14(12-6-7-23-10-12)9-20-15(22)11-4-3-5-13(8-11)16(17,18)19/h3-8,10,14H,9H2,1-2H3,(H,20,22)/t14-/m1/s1. The fourth-order valence-corrected chi connectivity index (χ4v) is 2.90. The first kappa shape index (κ1) is 17.5. The summed E-state index contributed by atoms with van der Waals surface area (Å²) in [5.41, 5.74) is 0.235. The number of benzene rings is 1. The number of hydrogen-bond acceptors (Lipinski definition) is 3. The van der Waals surface area contributed by atoms with Crippen LogP contribution in [0.4, 0.5) is 13.2 Å². The van der Waals surface area contributed by atoms with E-state index in [4.69, 9.17) is 0 Å². The number of rotatable bonds is 5. The molecule has 0 saturated carbocycles. The summed E-state index contributed by atoms with van der Waals surface area (Å²) in [5.74, 6) is -0.516. The molecule has 1 aromatic heterocycles. The third-order valence-electron chi connectivity index (χ3n) is 3.46. The third-order valence-corrected chi connectivity index (χ3v) is 4.16. The second kappa shape index (κ2) is 7.14. The van der Waals surface area contributed by atoms with Gasteiger partial charge in [-0.25, -0.2) is 0 Å². The lowest BCUT2D eigenvalue weighted by atomic mass is 10.1. The number of nitrogens with one attached hydrogen (secondary N) is 1. The van der Waals surface area contributed by atoms with Crippen LogP contribution in [0.3, 0.4) is 0 Å². The van der Waals surface area contributed by atoms with Gasteiger partial charge in [-0.15, -0.1) is 0 Å². The molecule has 23 heavy (non-hydrogen) atoms. The molecule has 1 aromatic carbocycles. The van der Waals surface area contributed by atoms with Crippen molar-refractivity contribution in [2.24, 2.45) is 0 Å². The number of thiophene rings is 1. The van der Waals surface area contributed by atoms with Gasteiger partial charge in [0.25, 0.3) is 5.91 Å². The Bertz CT molecular complexity index is 654. The summed E-state index contributed by atoms with van der Waals surface area (Å²) in [7, 11) is 3.78. The van der Waals surface area contributed by atoms with Crippen molar-refractivity contribution in [2.75, 3.05) is 20.6 Å². The lowest BCUT2D eigenvalue weighted by Crippen LogP contribution is -2.34. The Hall–Kier alpha value is -1.86. The fraction of sp³-hybridized carbons (Fsp3) is 0.312. The Morgan fingerprint density at radius 1 is 1.30 bits per heavy atom. The second-order valence-corrected chi connectivity index (χ2v) is 6.10. The van der Waals surface area contributed by atoms with Crippen molar-refractivity contribution in [1.82, 2.24) is 10.2 Å². The topological polar surface area (TPSA) is 32.3 Å². The SMILES string of the molecule is CN(C)[C@H](CNC(=O)c1cccc(C(F)(F)F)c1)c1ccsc1. The number of alkyl halides is 3. The van der Waals surface area contributed by atoms with E-state index in [2.05, 4.69) is 5.32 Å². The van der Waals surface area contributed by atoms with E-state index < -0.39 is 17.6 Å². The van der Waals surface area contributed by atoms with Gasteiger partial charge < -0.3 is 10.2 Å². The maximum absolute atomic E-state index is 12.7. The maximum atomic E-state index is 12.7. The largest absolute Gasteiger partial charge is 0.416 e. The van der Waals surface area contributed by atoms with Crippen LogP contribution in [0.5, 0.6) is 0 Å². The van der Waals surface area contributed by atoms with Crippen LogP contribution < -0.4 is 5.32 Å². The number of hydrogen-bond donors (Lipinski definition) is 1. The van der Waals surface area contributed by atoms with Crippen LogP contribution >= 0.6 is 11.3 Å². The molecule has 0 spiro atoms. The van der Waals surface area contributed by atoms with Gasteiger partial charge in [-0.05, 0) is 54.7 Å². The number of amides is 1. The first-order valence-electron chi connectivity index (χ1n) is 6.93. The van der Waals surface area contributed by atoms with Gasteiger partial charge in [0.05, 0.1) is 11.6 Å². The Kier molecular flexibility index (Phi) is 5.43. The number of carbonyl (C=O) groups excluding carboxylic acids is 1. The maximum Gasteiger partial charge on any atom is 0.416 e. The molecule has 1 atom stereocenters. The highest BCUT2D eigenvalue weighted by atomic mass is 32.1. The summed E-state index contributed by atoms with van der Waals surface area (Å²) in [6, 6.07) is 6.36. The Labute approximate surface area is 136 Å². The summed E-state index contributed by atoms with van der Waals surface area (Å²) >= 11 is 1.56. The molecule has 0 saturated heterocycles. The van der Waals surface area contributed by atoms with Crippen molar-refractivity contribution in [3.8, 4) is 0 Å². The van der Waals surface area contributed by atoms with E-state index >= 15 is 0 Å². The molecule has 1 amide bonds. The van der Waals surface area contributed by atoms with Crippen molar-refractivity contribution in [2.45, 2.75) is 12.2 Å². The van der Waals surface area contributed by atoms with E-state index in [1.54, 1.807) is 11.3 Å². The summed E-state index contributed by atoms with van der Waals surface area (Å²) in [6.45, 7) is 0.318. The molecule has 0 radical (unpaired) electrons. The van der Waals surface area contributed by atoms with Crippen LogP contribution in [0, 0.1) is 0 Å². The lowest BCUT2D eigenvalue weighted by molar-refractivity contribution is -0.137. The van der Waals surface area contributed by atoms with Gasteiger partial charge in [-0.2, -0.15) is 24.5 Å². The molecule has 2 rings (SSSR count). The Morgan fingerprint density at radius 2 is 2.04 bits per heavy atom. The second-order valence-electron chi connectivity index (χ2n) is 5.32. The summed E-state index contributed by atoms with van der Waals surface area (Å²) < 4.78 is 38.1. The molecule has 2 aromatic rings. The van der Waals surface area contributed by atoms with Gasteiger partial charge in [0.1, 0.15) is 0 Å². The van der Waals surface area contributed by atoms with Crippen molar-refractivity contribution < 1.29 is 18.0 Å². The van der Waals surface area contributed by atoms with Gasteiger partial charge in [0.15, 0.2) is 0 Å². The van der Waals surface area contributed by atoms with Crippen LogP contribution in [0.2, 0.25) is 0 Å². The molecule has 1 N–H and O–H groups in total. The van der Waals surface area contributed by atoms with Crippen LogP contribution in [-0.4, -0.2) is 31.4 Å². The minimum Gasteiger partial charge on any atom is -0.350 e. The zero-order valence-electron chi connectivity index (χ0n) is 12.7. The van der Waals surface area contributed by atoms with Gasteiger partial charge in [0.2, 0.25) is 0 Å². The number of nitrogens with zero attached hydrogens (tertiary/aromatic N) is 1. The quantitative estimate of drug-likeness (QED) is 0.896. The van der Waals surface area contributed by atoms with Crippen LogP contribution in [0.25, 0.3) is 0 Å². The normalized spacial score (nSPS) is 13.1. The lowest BCUT2D eigenvalue weighted by Gasteiger charge is -2.24. The van der Waals surface area contributed by atoms with Gasteiger partial charge in [0, 0.05) is 12.1 Å². The van der Waals surface area contributed by atoms with Crippen LogP contribution in [0.15, 0.2) is 41.1 Å². The average Bonchev–Trinajstić information content (AvgIpc) is 3.00. The van der Waals surface area contributed by atoms with E-state index in [0.717, 1.165) is 17.7 Å². The monoisotopic (exact) mass is 342 g/mol. The fourth-order valence-electron chi connectivity index (χ4n) is 2.19. The van der Waals surface area contributed by atoms with E-state index in [9.17, 15) is 18.0 Å². The molecule has 0 aliphatic carbocycles. The highest BCUT2D eigenvalue weighted by Crippen LogP contribution is 2.29.